The molecule has 0 bridgehead atoms. The smallest absolute Gasteiger partial charge is 0.306 e. The fraction of sp³-hybridized carbons (Fsp3) is 0.889. The predicted molar refractivity (Wildman–Crippen MR) is 121 cm³/mol. The maximum atomic E-state index is 11.6. The highest BCUT2D eigenvalue weighted by atomic mass is 127. The van der Waals surface area contributed by atoms with E-state index in [2.05, 4.69) is 35.7 Å². The molecule has 0 aliphatic rings. The molecule has 0 spiro atoms. The number of rotatable bonds is 10. The molecule has 0 amide bonds. The Labute approximate surface area is 175 Å². The standard InChI is InChI=1S/C18H37N3O2S.HI/c1-17(2,3)23-15(22)12-10-8-9-11-13-20-16(19-6)21-14-18(4,5)24-7;/h8-14H2,1-7H3,(H2,19,20,21);1H. The van der Waals surface area contributed by atoms with Gasteiger partial charge in [-0.3, -0.25) is 9.79 Å². The third kappa shape index (κ3) is 17.0. The third-order valence-electron chi connectivity index (χ3n) is 3.48. The Kier molecular flexibility index (Phi) is 15.1. The molecule has 0 aliphatic heterocycles. The zero-order chi connectivity index (χ0) is 18.6. The lowest BCUT2D eigenvalue weighted by Crippen LogP contribution is -2.43. The first-order valence-corrected chi connectivity index (χ1v) is 10.0. The Bertz CT molecular complexity index is 396. The number of carbonyl (C=O) groups excluding carboxylic acids is 1. The van der Waals surface area contributed by atoms with E-state index in [1.54, 1.807) is 7.05 Å². The topological polar surface area (TPSA) is 62.7 Å². The first-order chi connectivity index (χ1) is 11.1. The molecule has 0 atom stereocenters. The van der Waals surface area contributed by atoms with Gasteiger partial charge in [0.15, 0.2) is 5.96 Å². The molecule has 0 saturated heterocycles. The van der Waals surface area contributed by atoms with Gasteiger partial charge in [-0.1, -0.05) is 12.8 Å². The van der Waals surface area contributed by atoms with Crippen LogP contribution >= 0.6 is 35.7 Å². The number of hydrogen-bond donors (Lipinski definition) is 2. The number of thioether (sulfide) groups is 1. The predicted octanol–water partition coefficient (Wildman–Crippen LogP) is 4.20. The Morgan fingerprint density at radius 3 is 2.16 bits per heavy atom. The molecule has 0 aliphatic carbocycles. The van der Waals surface area contributed by atoms with Gasteiger partial charge in [-0.2, -0.15) is 11.8 Å². The van der Waals surface area contributed by atoms with Gasteiger partial charge in [-0.25, -0.2) is 0 Å². The van der Waals surface area contributed by atoms with Crippen LogP contribution in [0.5, 0.6) is 0 Å². The zero-order valence-electron chi connectivity index (χ0n) is 17.0. The molecule has 0 fully saturated rings. The largest absolute Gasteiger partial charge is 0.460 e. The van der Waals surface area contributed by atoms with E-state index in [9.17, 15) is 4.79 Å². The van der Waals surface area contributed by atoms with Crippen molar-refractivity contribution in [1.29, 1.82) is 0 Å². The number of guanidine groups is 1. The van der Waals surface area contributed by atoms with E-state index in [1.165, 1.54) is 0 Å². The van der Waals surface area contributed by atoms with Crippen molar-refractivity contribution in [2.45, 2.75) is 77.1 Å². The van der Waals surface area contributed by atoms with Crippen LogP contribution in [-0.2, 0) is 9.53 Å². The summed E-state index contributed by atoms with van der Waals surface area (Å²) in [5.74, 6) is 0.757. The quantitative estimate of drug-likeness (QED) is 0.159. The number of nitrogens with zero attached hydrogens (tertiary/aromatic N) is 1. The molecule has 7 heteroatoms. The number of esters is 1. The van der Waals surface area contributed by atoms with Crippen LogP contribution < -0.4 is 10.6 Å². The summed E-state index contributed by atoms with van der Waals surface area (Å²) in [6, 6.07) is 0. The van der Waals surface area contributed by atoms with Gasteiger partial charge in [0.2, 0.25) is 0 Å². The normalized spacial score (nSPS) is 12.4. The summed E-state index contributed by atoms with van der Waals surface area (Å²) in [6.07, 6.45) is 6.74. The van der Waals surface area contributed by atoms with Crippen LogP contribution in [-0.4, -0.2) is 48.7 Å². The van der Waals surface area contributed by atoms with E-state index in [0.29, 0.717) is 6.42 Å². The highest BCUT2D eigenvalue weighted by Gasteiger charge is 2.16. The van der Waals surface area contributed by atoms with Gasteiger partial charge < -0.3 is 15.4 Å². The number of ether oxygens (including phenoxy) is 1. The van der Waals surface area contributed by atoms with Gasteiger partial charge in [0, 0.05) is 31.3 Å². The second-order valence-corrected chi connectivity index (χ2v) is 9.08. The first kappa shape index (κ1) is 27.0. The average molecular weight is 487 g/mol. The summed E-state index contributed by atoms with van der Waals surface area (Å²) in [5, 5.41) is 6.69. The highest BCUT2D eigenvalue weighted by molar-refractivity contribution is 14.0. The molecule has 0 unspecified atom stereocenters. The van der Waals surface area contributed by atoms with Crippen molar-refractivity contribution in [2.24, 2.45) is 4.99 Å². The molecular formula is C18H38IN3O2S. The minimum Gasteiger partial charge on any atom is -0.460 e. The maximum absolute atomic E-state index is 11.6. The molecular weight excluding hydrogens is 449 g/mol. The van der Waals surface area contributed by atoms with Gasteiger partial charge in [-0.15, -0.1) is 24.0 Å². The van der Waals surface area contributed by atoms with Crippen molar-refractivity contribution < 1.29 is 9.53 Å². The van der Waals surface area contributed by atoms with Gasteiger partial charge in [0.05, 0.1) is 0 Å². The van der Waals surface area contributed by atoms with E-state index in [4.69, 9.17) is 4.74 Å². The Balaban J connectivity index is 0. The van der Waals surface area contributed by atoms with Crippen LogP contribution in [0.3, 0.4) is 0 Å². The molecule has 2 N–H and O–H groups in total. The van der Waals surface area contributed by atoms with E-state index in [0.717, 1.165) is 44.7 Å². The van der Waals surface area contributed by atoms with Crippen molar-refractivity contribution >= 4 is 47.7 Å². The Morgan fingerprint density at radius 1 is 1.04 bits per heavy atom. The maximum Gasteiger partial charge on any atom is 0.306 e. The fourth-order valence-corrected chi connectivity index (χ4v) is 2.15. The Hall–Kier alpha value is -0.180. The van der Waals surface area contributed by atoms with Crippen LogP contribution in [0.1, 0.15) is 66.7 Å². The second-order valence-electron chi connectivity index (χ2n) is 7.57. The molecule has 0 saturated carbocycles. The molecule has 25 heavy (non-hydrogen) atoms. The van der Waals surface area contributed by atoms with Crippen LogP contribution in [0.25, 0.3) is 0 Å². The summed E-state index contributed by atoms with van der Waals surface area (Å²) in [5.41, 5.74) is -0.380. The molecule has 0 aromatic rings. The third-order valence-corrected chi connectivity index (χ3v) is 4.73. The number of carbonyl (C=O) groups is 1. The SMILES string of the molecule is CN=C(NCCCCCCC(=O)OC(C)(C)C)NCC(C)(C)SC.I. The van der Waals surface area contributed by atoms with Crippen molar-refractivity contribution in [2.75, 3.05) is 26.4 Å². The van der Waals surface area contributed by atoms with E-state index in [-0.39, 0.29) is 40.3 Å². The minimum absolute atomic E-state index is 0. The average Bonchev–Trinajstić information content (AvgIpc) is 2.47. The van der Waals surface area contributed by atoms with Crippen molar-refractivity contribution in [3.63, 3.8) is 0 Å². The van der Waals surface area contributed by atoms with Crippen LogP contribution in [0.4, 0.5) is 0 Å². The van der Waals surface area contributed by atoms with Gasteiger partial charge in [0.25, 0.3) is 0 Å². The summed E-state index contributed by atoms with van der Waals surface area (Å²) < 4.78 is 5.49. The lowest BCUT2D eigenvalue weighted by atomic mass is 10.1. The van der Waals surface area contributed by atoms with Crippen molar-refractivity contribution in [3.05, 3.63) is 0 Å². The number of hydrogen-bond acceptors (Lipinski definition) is 4. The Morgan fingerprint density at radius 2 is 1.64 bits per heavy atom. The minimum atomic E-state index is -0.380. The molecule has 0 aromatic carbocycles. The second kappa shape index (κ2) is 13.9. The van der Waals surface area contributed by atoms with E-state index >= 15 is 0 Å². The summed E-state index contributed by atoms with van der Waals surface area (Å²) in [4.78, 5) is 15.8. The monoisotopic (exact) mass is 487 g/mol. The summed E-state index contributed by atoms with van der Waals surface area (Å²) >= 11 is 1.84. The lowest BCUT2D eigenvalue weighted by Gasteiger charge is -2.23. The number of halogens is 1. The van der Waals surface area contributed by atoms with Crippen molar-refractivity contribution in [1.82, 2.24) is 10.6 Å². The van der Waals surface area contributed by atoms with Crippen molar-refractivity contribution in [3.8, 4) is 0 Å². The first-order valence-electron chi connectivity index (χ1n) is 8.81. The zero-order valence-corrected chi connectivity index (χ0v) is 20.2. The van der Waals surface area contributed by atoms with E-state index in [1.807, 2.05) is 32.5 Å². The number of nitrogens with one attached hydrogen (secondary N) is 2. The highest BCUT2D eigenvalue weighted by Crippen LogP contribution is 2.19. The summed E-state index contributed by atoms with van der Waals surface area (Å²) in [6.45, 7) is 11.9. The van der Waals surface area contributed by atoms with Gasteiger partial charge in [-0.05, 0) is 53.7 Å². The molecule has 0 aromatic heterocycles. The van der Waals surface area contributed by atoms with Crippen LogP contribution in [0, 0.1) is 0 Å². The molecule has 0 heterocycles. The number of aliphatic imine (C=N–C) groups is 1. The summed E-state index contributed by atoms with van der Waals surface area (Å²) in [7, 11) is 1.79. The number of unbranched alkanes of at least 4 members (excludes halogenated alkanes) is 3. The molecule has 0 radical (unpaired) electrons. The molecule has 0 rings (SSSR count). The molecule has 5 nitrogen and oxygen atoms in total. The van der Waals surface area contributed by atoms with Crippen LogP contribution in [0.2, 0.25) is 0 Å². The van der Waals surface area contributed by atoms with Crippen LogP contribution in [0.15, 0.2) is 4.99 Å². The lowest BCUT2D eigenvalue weighted by molar-refractivity contribution is -0.154. The molecule has 150 valence electrons. The van der Waals surface area contributed by atoms with Gasteiger partial charge in [0.1, 0.15) is 5.60 Å². The van der Waals surface area contributed by atoms with E-state index < -0.39 is 0 Å². The fourth-order valence-electron chi connectivity index (χ4n) is 1.94. The van der Waals surface area contributed by atoms with Gasteiger partial charge >= 0.3 is 5.97 Å².